The van der Waals surface area contributed by atoms with Crippen LogP contribution in [0.4, 0.5) is 10.5 Å². The number of amides is 2. The third kappa shape index (κ3) is 3.58. The van der Waals surface area contributed by atoms with Crippen LogP contribution in [0.3, 0.4) is 0 Å². The van der Waals surface area contributed by atoms with Gasteiger partial charge in [0.1, 0.15) is 5.60 Å². The monoisotopic (exact) mass is 380 g/mol. The third-order valence-electron chi connectivity index (χ3n) is 5.86. The van der Waals surface area contributed by atoms with Crippen molar-refractivity contribution in [3.63, 3.8) is 0 Å². The first-order valence-electron chi connectivity index (χ1n) is 10.1. The van der Waals surface area contributed by atoms with Gasteiger partial charge in [-0.25, -0.2) is 4.79 Å². The number of hydrogen-bond acceptors (Lipinski definition) is 3. The van der Waals surface area contributed by atoms with Gasteiger partial charge in [0.25, 0.3) is 0 Å². The number of nitrogens with zero attached hydrogens (tertiary/aromatic N) is 1. The topological polar surface area (TPSA) is 58.6 Å². The molecule has 2 amide bonds. The van der Waals surface area contributed by atoms with E-state index in [-0.39, 0.29) is 24.0 Å². The van der Waals surface area contributed by atoms with Gasteiger partial charge in [-0.15, -0.1) is 0 Å². The van der Waals surface area contributed by atoms with Crippen molar-refractivity contribution >= 4 is 28.5 Å². The van der Waals surface area contributed by atoms with Gasteiger partial charge in [-0.3, -0.25) is 4.79 Å². The highest BCUT2D eigenvalue weighted by Gasteiger charge is 2.49. The fraction of sp³-hybridized carbons (Fsp3) is 0.478. The predicted molar refractivity (Wildman–Crippen MR) is 110 cm³/mol. The van der Waals surface area contributed by atoms with Crippen LogP contribution in [0.5, 0.6) is 0 Å². The summed E-state index contributed by atoms with van der Waals surface area (Å²) in [6, 6.07) is 13.9. The molecule has 28 heavy (non-hydrogen) atoms. The number of rotatable bonds is 2. The van der Waals surface area contributed by atoms with Crippen LogP contribution in [0.25, 0.3) is 10.8 Å². The van der Waals surface area contributed by atoms with Crippen LogP contribution in [0.15, 0.2) is 42.5 Å². The van der Waals surface area contributed by atoms with E-state index in [9.17, 15) is 9.59 Å². The predicted octanol–water partition coefficient (Wildman–Crippen LogP) is 4.81. The summed E-state index contributed by atoms with van der Waals surface area (Å²) in [7, 11) is 0. The smallest absolute Gasteiger partial charge is 0.410 e. The molecule has 1 aliphatic heterocycles. The third-order valence-corrected chi connectivity index (χ3v) is 5.86. The first kappa shape index (κ1) is 18.8. The lowest BCUT2D eigenvalue weighted by atomic mass is 9.97. The Hall–Kier alpha value is -2.56. The van der Waals surface area contributed by atoms with E-state index in [1.54, 1.807) is 4.90 Å². The average molecular weight is 380 g/mol. The van der Waals surface area contributed by atoms with E-state index in [4.69, 9.17) is 4.74 Å². The molecule has 1 heterocycles. The van der Waals surface area contributed by atoms with Crippen molar-refractivity contribution in [2.75, 3.05) is 11.9 Å². The normalized spacial score (nSPS) is 24.2. The summed E-state index contributed by atoms with van der Waals surface area (Å²) in [6.45, 7) is 6.29. The fourth-order valence-corrected chi connectivity index (χ4v) is 4.68. The zero-order chi connectivity index (χ0) is 19.9. The van der Waals surface area contributed by atoms with Crippen molar-refractivity contribution in [2.24, 2.45) is 11.8 Å². The summed E-state index contributed by atoms with van der Waals surface area (Å²) in [5, 5.41) is 5.26. The van der Waals surface area contributed by atoms with Gasteiger partial charge in [0.05, 0.1) is 5.92 Å². The van der Waals surface area contributed by atoms with Gasteiger partial charge in [0.15, 0.2) is 0 Å². The minimum absolute atomic E-state index is 0.000637. The average Bonchev–Trinajstić information content (AvgIpc) is 3.22. The molecule has 1 saturated heterocycles. The number of carbonyl (C=O) groups is 2. The van der Waals surface area contributed by atoms with E-state index in [1.165, 1.54) is 0 Å². The van der Waals surface area contributed by atoms with E-state index >= 15 is 0 Å². The maximum absolute atomic E-state index is 13.2. The molecule has 2 aromatic carbocycles. The highest BCUT2D eigenvalue weighted by molar-refractivity contribution is 6.03. The molecule has 4 rings (SSSR count). The standard InChI is InChI=1S/C23H28N2O3/c1-23(2,3)28-22(27)25-14-13-16-11-12-18(20(16)25)21(26)24-19-10-6-8-15-7-4-5-9-17(15)19/h4-10,16,18,20H,11-14H2,1-3H3,(H,24,26)/t16-,18+,20+/m1/s1. The number of likely N-dealkylation sites (tertiary alicyclic amines) is 1. The van der Waals surface area contributed by atoms with Crippen LogP contribution in [0, 0.1) is 11.8 Å². The van der Waals surface area contributed by atoms with Gasteiger partial charge in [0.2, 0.25) is 5.91 Å². The molecule has 2 fully saturated rings. The number of ether oxygens (including phenoxy) is 1. The quantitative estimate of drug-likeness (QED) is 0.813. The summed E-state index contributed by atoms with van der Waals surface area (Å²) in [4.78, 5) is 27.6. The molecule has 1 saturated carbocycles. The number of anilines is 1. The number of nitrogens with one attached hydrogen (secondary N) is 1. The van der Waals surface area contributed by atoms with Gasteiger partial charge in [0, 0.05) is 23.7 Å². The highest BCUT2D eigenvalue weighted by Crippen LogP contribution is 2.43. The van der Waals surface area contributed by atoms with E-state index in [0.29, 0.717) is 12.5 Å². The second kappa shape index (κ2) is 7.12. The Bertz CT molecular complexity index is 897. The Balaban J connectivity index is 1.53. The van der Waals surface area contributed by atoms with Gasteiger partial charge in [-0.05, 0) is 57.4 Å². The van der Waals surface area contributed by atoms with E-state index < -0.39 is 5.60 Å². The summed E-state index contributed by atoms with van der Waals surface area (Å²) >= 11 is 0. The van der Waals surface area contributed by atoms with Crippen LogP contribution in [0.1, 0.15) is 40.0 Å². The lowest BCUT2D eigenvalue weighted by Crippen LogP contribution is -2.45. The van der Waals surface area contributed by atoms with Gasteiger partial charge < -0.3 is 15.0 Å². The van der Waals surface area contributed by atoms with Gasteiger partial charge in [-0.1, -0.05) is 36.4 Å². The maximum Gasteiger partial charge on any atom is 0.410 e. The summed E-state index contributed by atoms with van der Waals surface area (Å²) < 4.78 is 5.59. The molecule has 0 bridgehead atoms. The Labute approximate surface area is 166 Å². The number of fused-ring (bicyclic) bond motifs is 2. The van der Waals surface area contributed by atoms with Crippen molar-refractivity contribution in [2.45, 2.75) is 51.7 Å². The fourth-order valence-electron chi connectivity index (χ4n) is 4.68. The molecule has 3 atom stereocenters. The number of benzene rings is 2. The van der Waals surface area contributed by atoms with Crippen molar-refractivity contribution < 1.29 is 14.3 Å². The first-order valence-corrected chi connectivity index (χ1v) is 10.1. The largest absolute Gasteiger partial charge is 0.444 e. The van der Waals surface area contributed by atoms with Crippen LogP contribution in [-0.4, -0.2) is 35.1 Å². The number of carbonyl (C=O) groups excluding carboxylic acids is 2. The van der Waals surface area contributed by atoms with Crippen LogP contribution < -0.4 is 5.32 Å². The molecule has 0 radical (unpaired) electrons. The van der Waals surface area contributed by atoms with Crippen LogP contribution in [0.2, 0.25) is 0 Å². The van der Waals surface area contributed by atoms with Gasteiger partial charge in [-0.2, -0.15) is 0 Å². The second-order valence-electron chi connectivity index (χ2n) is 8.91. The van der Waals surface area contributed by atoms with E-state index in [2.05, 4.69) is 5.32 Å². The first-order chi connectivity index (χ1) is 13.3. The van der Waals surface area contributed by atoms with Crippen molar-refractivity contribution in [3.8, 4) is 0 Å². The molecule has 2 aromatic rings. The molecule has 0 spiro atoms. The molecular formula is C23H28N2O3. The van der Waals surface area contributed by atoms with Gasteiger partial charge >= 0.3 is 6.09 Å². The summed E-state index contributed by atoms with van der Waals surface area (Å²) in [5.41, 5.74) is 0.294. The molecule has 5 heteroatoms. The molecule has 0 unspecified atom stereocenters. The molecular weight excluding hydrogens is 352 g/mol. The van der Waals surface area contributed by atoms with Crippen molar-refractivity contribution in [1.29, 1.82) is 0 Å². The lowest BCUT2D eigenvalue weighted by Gasteiger charge is -2.31. The second-order valence-corrected chi connectivity index (χ2v) is 8.91. The Morgan fingerprint density at radius 1 is 1.04 bits per heavy atom. The Morgan fingerprint density at radius 3 is 2.57 bits per heavy atom. The van der Waals surface area contributed by atoms with E-state index in [1.807, 2.05) is 63.2 Å². The highest BCUT2D eigenvalue weighted by atomic mass is 16.6. The van der Waals surface area contributed by atoms with Crippen molar-refractivity contribution in [3.05, 3.63) is 42.5 Å². The number of hydrogen-bond donors (Lipinski definition) is 1. The molecule has 0 aromatic heterocycles. The SMILES string of the molecule is CC(C)(C)OC(=O)N1CC[C@H]2CC[C@H](C(=O)Nc3cccc4ccccc34)[C@H]21. The molecule has 1 aliphatic carbocycles. The molecule has 1 N–H and O–H groups in total. The van der Waals surface area contributed by atoms with E-state index in [0.717, 1.165) is 35.7 Å². The molecule has 148 valence electrons. The zero-order valence-electron chi connectivity index (χ0n) is 16.8. The Morgan fingerprint density at radius 2 is 1.79 bits per heavy atom. The lowest BCUT2D eigenvalue weighted by molar-refractivity contribution is -0.121. The molecule has 5 nitrogen and oxygen atoms in total. The summed E-state index contributed by atoms with van der Waals surface area (Å²) in [6.07, 6.45) is 2.44. The minimum Gasteiger partial charge on any atom is -0.444 e. The maximum atomic E-state index is 13.2. The molecule has 2 aliphatic rings. The Kier molecular flexibility index (Phi) is 4.77. The van der Waals surface area contributed by atoms with Crippen LogP contribution in [-0.2, 0) is 9.53 Å². The summed E-state index contributed by atoms with van der Waals surface area (Å²) in [5.74, 6) is 0.189. The minimum atomic E-state index is -0.533. The van der Waals surface area contributed by atoms with Crippen molar-refractivity contribution in [1.82, 2.24) is 4.90 Å². The van der Waals surface area contributed by atoms with Crippen LogP contribution >= 0.6 is 0 Å². The zero-order valence-corrected chi connectivity index (χ0v) is 16.8.